The fourth-order valence-corrected chi connectivity index (χ4v) is 2.32. The van der Waals surface area contributed by atoms with Crippen LogP contribution in [0.1, 0.15) is 5.56 Å². The minimum Gasteiger partial charge on any atom is -0.457 e. The predicted octanol–water partition coefficient (Wildman–Crippen LogP) is 4.65. The lowest BCUT2D eigenvalue weighted by molar-refractivity contribution is -0.0733. The first kappa shape index (κ1) is 15.3. The lowest BCUT2D eigenvalue weighted by Crippen LogP contribution is -2.08. The average molecular weight is 306 g/mol. The Morgan fingerprint density at radius 1 is 0.957 bits per heavy atom. The lowest BCUT2D eigenvalue weighted by Gasteiger charge is -2.13. The molecule has 0 aliphatic heterocycles. The summed E-state index contributed by atoms with van der Waals surface area (Å²) in [6.07, 6.45) is 0.357. The molecule has 0 radical (unpaired) electrons. The number of aliphatic hydroxyl groups excluding tert-OH is 1. The molecule has 3 aromatic carbocycles. The van der Waals surface area contributed by atoms with Crippen molar-refractivity contribution in [2.24, 2.45) is 0 Å². The van der Waals surface area contributed by atoms with E-state index in [0.717, 1.165) is 16.7 Å². The normalized spacial score (nSPS) is 12.0. The average Bonchev–Trinajstić information content (AvgIpc) is 2.60. The third-order valence-corrected chi connectivity index (χ3v) is 3.53. The summed E-state index contributed by atoms with van der Waals surface area (Å²) in [6.45, 7) is 3.73. The first-order valence-electron chi connectivity index (χ1n) is 7.43. The molecular weight excluding hydrogens is 288 g/mol. The van der Waals surface area contributed by atoms with Crippen molar-refractivity contribution in [1.29, 1.82) is 0 Å². The fourth-order valence-electron chi connectivity index (χ4n) is 2.32. The van der Waals surface area contributed by atoms with Gasteiger partial charge in [-0.1, -0.05) is 55.1 Å². The Bertz CT molecular complexity index is 811. The third kappa shape index (κ3) is 3.77. The number of aliphatic hydroxyl groups is 1. The third-order valence-electron chi connectivity index (χ3n) is 3.53. The molecule has 0 spiro atoms. The highest BCUT2D eigenvalue weighted by Crippen LogP contribution is 2.28. The van der Waals surface area contributed by atoms with E-state index in [1.807, 2.05) is 54.6 Å². The zero-order chi connectivity index (χ0) is 16.1. The smallest absolute Gasteiger partial charge is 0.174 e. The summed E-state index contributed by atoms with van der Waals surface area (Å²) in [5.41, 5.74) is 0.863. The lowest BCUT2D eigenvalue weighted by atomic mass is 10.1. The van der Waals surface area contributed by atoms with Crippen molar-refractivity contribution >= 4 is 10.8 Å². The molecular formula is C20H18O3. The van der Waals surface area contributed by atoms with Crippen LogP contribution in [0.2, 0.25) is 0 Å². The summed E-state index contributed by atoms with van der Waals surface area (Å²) in [4.78, 5) is 0. The van der Waals surface area contributed by atoms with Crippen molar-refractivity contribution in [2.45, 2.75) is 12.9 Å². The molecule has 0 fully saturated rings. The number of benzene rings is 3. The van der Waals surface area contributed by atoms with E-state index < -0.39 is 6.29 Å². The Balaban J connectivity index is 1.82. The maximum absolute atomic E-state index is 9.44. The largest absolute Gasteiger partial charge is 0.457 e. The first-order valence-corrected chi connectivity index (χ1v) is 7.43. The van der Waals surface area contributed by atoms with Gasteiger partial charge in [-0.3, -0.25) is 0 Å². The van der Waals surface area contributed by atoms with E-state index in [0.29, 0.717) is 5.75 Å². The highest BCUT2D eigenvalue weighted by Gasteiger charge is 2.07. The molecule has 1 unspecified atom stereocenters. The van der Waals surface area contributed by atoms with Gasteiger partial charge in [0, 0.05) is 5.56 Å². The molecule has 0 saturated heterocycles. The molecule has 0 aromatic heterocycles. The molecule has 1 N–H and O–H groups in total. The molecule has 3 heteroatoms. The molecule has 0 amide bonds. The van der Waals surface area contributed by atoms with E-state index >= 15 is 0 Å². The Morgan fingerprint density at radius 3 is 2.52 bits per heavy atom. The van der Waals surface area contributed by atoms with Crippen molar-refractivity contribution in [1.82, 2.24) is 0 Å². The molecule has 3 aromatic rings. The van der Waals surface area contributed by atoms with Crippen LogP contribution >= 0.6 is 0 Å². The number of hydrogen-bond donors (Lipinski definition) is 1. The molecule has 0 saturated carbocycles. The Kier molecular flexibility index (Phi) is 4.71. The highest BCUT2D eigenvalue weighted by atomic mass is 16.6. The van der Waals surface area contributed by atoms with Gasteiger partial charge in [-0.05, 0) is 35.0 Å². The van der Waals surface area contributed by atoms with Gasteiger partial charge in [0.15, 0.2) is 6.29 Å². The first-order chi connectivity index (χ1) is 11.3. The molecule has 3 rings (SSSR count). The molecule has 0 aliphatic rings. The molecule has 0 heterocycles. The van der Waals surface area contributed by atoms with Gasteiger partial charge in [0.2, 0.25) is 0 Å². The Labute approximate surface area is 135 Å². The van der Waals surface area contributed by atoms with Gasteiger partial charge in [0.05, 0.1) is 6.61 Å². The number of para-hydroxylation sites is 1. The van der Waals surface area contributed by atoms with E-state index in [1.165, 1.54) is 11.5 Å². The maximum Gasteiger partial charge on any atom is 0.174 e. The van der Waals surface area contributed by atoms with Gasteiger partial charge in [0.25, 0.3) is 0 Å². The summed E-state index contributed by atoms with van der Waals surface area (Å²) in [6, 6.07) is 21.7. The van der Waals surface area contributed by atoms with E-state index in [-0.39, 0.29) is 6.61 Å². The second kappa shape index (κ2) is 7.09. The minimum atomic E-state index is -0.983. The Morgan fingerprint density at radius 2 is 1.70 bits per heavy atom. The van der Waals surface area contributed by atoms with Crippen molar-refractivity contribution < 1.29 is 14.6 Å². The number of fused-ring (bicyclic) bond motifs is 1. The van der Waals surface area contributed by atoms with Crippen LogP contribution in [0.3, 0.4) is 0 Å². The van der Waals surface area contributed by atoms with Crippen LogP contribution < -0.4 is 4.74 Å². The van der Waals surface area contributed by atoms with E-state index in [4.69, 9.17) is 9.47 Å². The van der Waals surface area contributed by atoms with Crippen molar-refractivity contribution in [3.63, 3.8) is 0 Å². The number of hydrogen-bond acceptors (Lipinski definition) is 3. The summed E-state index contributed by atoms with van der Waals surface area (Å²) < 4.78 is 11.3. The standard InChI is InChI=1S/C20H18O3/c1-2-20(21)22-14-17-9-5-6-10-19(17)23-18-12-11-15-7-3-4-8-16(15)13-18/h2-13,20-21H,1,14H2. The van der Waals surface area contributed by atoms with E-state index in [1.54, 1.807) is 0 Å². The Hall–Kier alpha value is -2.62. The molecule has 23 heavy (non-hydrogen) atoms. The van der Waals surface area contributed by atoms with Gasteiger partial charge in [0.1, 0.15) is 11.5 Å². The molecule has 116 valence electrons. The quantitative estimate of drug-likeness (QED) is 0.532. The van der Waals surface area contributed by atoms with Crippen molar-refractivity contribution in [2.75, 3.05) is 0 Å². The van der Waals surface area contributed by atoms with Crippen LogP contribution in [0.4, 0.5) is 0 Å². The minimum absolute atomic E-state index is 0.247. The molecule has 0 aliphatic carbocycles. The van der Waals surface area contributed by atoms with Gasteiger partial charge in [-0.15, -0.1) is 0 Å². The molecule has 3 nitrogen and oxygen atoms in total. The van der Waals surface area contributed by atoms with Crippen LogP contribution in [-0.4, -0.2) is 11.4 Å². The zero-order valence-corrected chi connectivity index (χ0v) is 12.7. The molecule has 1 atom stereocenters. The highest BCUT2D eigenvalue weighted by molar-refractivity contribution is 5.83. The molecule has 0 bridgehead atoms. The van der Waals surface area contributed by atoms with Crippen LogP contribution in [0.15, 0.2) is 79.4 Å². The summed E-state index contributed by atoms with van der Waals surface area (Å²) in [5, 5.41) is 11.7. The monoisotopic (exact) mass is 306 g/mol. The fraction of sp³-hybridized carbons (Fsp3) is 0.100. The van der Waals surface area contributed by atoms with Crippen LogP contribution in [0, 0.1) is 0 Å². The topological polar surface area (TPSA) is 38.7 Å². The maximum atomic E-state index is 9.44. The predicted molar refractivity (Wildman–Crippen MR) is 91.5 cm³/mol. The summed E-state index contributed by atoms with van der Waals surface area (Å²) in [5.74, 6) is 1.47. The van der Waals surface area contributed by atoms with E-state index in [2.05, 4.69) is 18.7 Å². The van der Waals surface area contributed by atoms with Crippen molar-refractivity contribution in [3.05, 3.63) is 84.9 Å². The van der Waals surface area contributed by atoms with Crippen LogP contribution in [0.25, 0.3) is 10.8 Å². The second-order valence-electron chi connectivity index (χ2n) is 5.16. The van der Waals surface area contributed by atoms with Gasteiger partial charge in [-0.25, -0.2) is 0 Å². The van der Waals surface area contributed by atoms with Gasteiger partial charge in [-0.2, -0.15) is 0 Å². The van der Waals surface area contributed by atoms with E-state index in [9.17, 15) is 5.11 Å². The van der Waals surface area contributed by atoms with Crippen LogP contribution in [0.5, 0.6) is 11.5 Å². The van der Waals surface area contributed by atoms with Gasteiger partial charge >= 0.3 is 0 Å². The summed E-state index contributed by atoms with van der Waals surface area (Å²) in [7, 11) is 0. The SMILES string of the molecule is C=CC(O)OCc1ccccc1Oc1ccc2ccccc2c1. The van der Waals surface area contributed by atoms with Gasteiger partial charge < -0.3 is 14.6 Å². The number of ether oxygens (including phenoxy) is 2. The number of rotatable bonds is 6. The van der Waals surface area contributed by atoms with Crippen molar-refractivity contribution in [3.8, 4) is 11.5 Å². The second-order valence-corrected chi connectivity index (χ2v) is 5.16. The zero-order valence-electron chi connectivity index (χ0n) is 12.7. The summed E-state index contributed by atoms with van der Waals surface area (Å²) >= 11 is 0. The van der Waals surface area contributed by atoms with Crippen LogP contribution in [-0.2, 0) is 11.3 Å².